The SMILES string of the molecule is CCNCc1cc(Cl)cc(S(=O)(=O)N2CCCC2)c1F. The van der Waals surface area contributed by atoms with Gasteiger partial charge < -0.3 is 5.32 Å². The number of rotatable bonds is 5. The third-order valence-electron chi connectivity index (χ3n) is 3.33. The summed E-state index contributed by atoms with van der Waals surface area (Å²) in [4.78, 5) is -0.320. The molecule has 1 heterocycles. The zero-order valence-corrected chi connectivity index (χ0v) is 12.9. The van der Waals surface area contributed by atoms with Crippen molar-refractivity contribution >= 4 is 21.6 Å². The van der Waals surface area contributed by atoms with E-state index in [0.717, 1.165) is 12.8 Å². The molecule has 2 rings (SSSR count). The van der Waals surface area contributed by atoms with Gasteiger partial charge in [-0.25, -0.2) is 12.8 Å². The van der Waals surface area contributed by atoms with Gasteiger partial charge in [-0.15, -0.1) is 0 Å². The van der Waals surface area contributed by atoms with E-state index in [4.69, 9.17) is 11.6 Å². The Kier molecular flexibility index (Phi) is 5.01. The molecule has 0 radical (unpaired) electrons. The van der Waals surface area contributed by atoms with E-state index in [1.807, 2.05) is 6.92 Å². The molecule has 0 saturated carbocycles. The van der Waals surface area contributed by atoms with Gasteiger partial charge in [0.25, 0.3) is 0 Å². The van der Waals surface area contributed by atoms with Crippen molar-refractivity contribution in [3.8, 4) is 0 Å². The first-order chi connectivity index (χ1) is 9.46. The standard InChI is InChI=1S/C13H18ClFN2O2S/c1-2-16-9-10-7-11(14)8-12(13(10)15)20(18,19)17-5-3-4-6-17/h7-8,16H,2-6,9H2,1H3. The molecule has 1 fully saturated rings. The molecule has 0 spiro atoms. The molecule has 1 aromatic carbocycles. The normalized spacial score (nSPS) is 16.8. The second-order valence-electron chi connectivity index (χ2n) is 4.77. The fourth-order valence-corrected chi connectivity index (χ4v) is 4.22. The molecule has 1 saturated heterocycles. The summed E-state index contributed by atoms with van der Waals surface area (Å²) < 4.78 is 40.6. The summed E-state index contributed by atoms with van der Waals surface area (Å²) >= 11 is 5.94. The number of nitrogens with one attached hydrogen (secondary N) is 1. The van der Waals surface area contributed by atoms with Crippen LogP contribution in [0.1, 0.15) is 25.3 Å². The Morgan fingerprint density at radius 3 is 2.60 bits per heavy atom. The lowest BCUT2D eigenvalue weighted by atomic mass is 10.2. The molecule has 1 N–H and O–H groups in total. The van der Waals surface area contributed by atoms with Gasteiger partial charge >= 0.3 is 0 Å². The van der Waals surface area contributed by atoms with Crippen LogP contribution in [0.25, 0.3) is 0 Å². The van der Waals surface area contributed by atoms with Gasteiger partial charge in [-0.1, -0.05) is 18.5 Å². The number of hydrogen-bond acceptors (Lipinski definition) is 3. The van der Waals surface area contributed by atoms with E-state index in [0.29, 0.717) is 19.6 Å². The summed E-state index contributed by atoms with van der Waals surface area (Å²) in [5.41, 5.74) is 0.275. The highest BCUT2D eigenvalue weighted by Gasteiger charge is 2.31. The van der Waals surface area contributed by atoms with Crippen molar-refractivity contribution in [1.82, 2.24) is 9.62 Å². The molecule has 4 nitrogen and oxygen atoms in total. The van der Waals surface area contributed by atoms with Crippen molar-refractivity contribution in [2.24, 2.45) is 0 Å². The largest absolute Gasteiger partial charge is 0.313 e. The van der Waals surface area contributed by atoms with Crippen LogP contribution < -0.4 is 5.32 Å². The van der Waals surface area contributed by atoms with Crippen LogP contribution in [0.3, 0.4) is 0 Å². The van der Waals surface area contributed by atoms with Crippen molar-refractivity contribution in [2.75, 3.05) is 19.6 Å². The third-order valence-corrected chi connectivity index (χ3v) is 5.44. The van der Waals surface area contributed by atoms with Crippen LogP contribution in [0.2, 0.25) is 5.02 Å². The first-order valence-corrected chi connectivity index (χ1v) is 8.47. The Morgan fingerprint density at radius 1 is 1.35 bits per heavy atom. The number of benzene rings is 1. The van der Waals surface area contributed by atoms with E-state index in [2.05, 4.69) is 5.32 Å². The Balaban J connectivity index is 2.42. The maximum absolute atomic E-state index is 14.4. The summed E-state index contributed by atoms with van der Waals surface area (Å²) in [6.07, 6.45) is 1.62. The van der Waals surface area contributed by atoms with Gasteiger partial charge in [0.15, 0.2) is 0 Å². The summed E-state index contributed by atoms with van der Waals surface area (Å²) in [5.74, 6) is -0.706. The second kappa shape index (κ2) is 6.39. The van der Waals surface area contributed by atoms with E-state index in [9.17, 15) is 12.8 Å². The van der Waals surface area contributed by atoms with E-state index < -0.39 is 15.8 Å². The predicted molar refractivity (Wildman–Crippen MR) is 76.8 cm³/mol. The van der Waals surface area contributed by atoms with Crippen molar-refractivity contribution in [2.45, 2.75) is 31.2 Å². The molecular formula is C13H18ClFN2O2S. The highest BCUT2D eigenvalue weighted by Crippen LogP contribution is 2.28. The summed E-state index contributed by atoms with van der Waals surface area (Å²) in [6.45, 7) is 3.70. The molecule has 0 amide bonds. The minimum atomic E-state index is -3.79. The zero-order valence-electron chi connectivity index (χ0n) is 11.3. The minimum absolute atomic E-state index is 0.233. The lowest BCUT2D eigenvalue weighted by Gasteiger charge is -2.17. The Labute approximate surface area is 124 Å². The number of hydrogen-bond donors (Lipinski definition) is 1. The van der Waals surface area contributed by atoms with Gasteiger partial charge in [0.05, 0.1) is 0 Å². The molecular weight excluding hydrogens is 303 g/mol. The van der Waals surface area contributed by atoms with Crippen molar-refractivity contribution in [1.29, 1.82) is 0 Å². The van der Waals surface area contributed by atoms with Crippen LogP contribution >= 0.6 is 11.6 Å². The minimum Gasteiger partial charge on any atom is -0.313 e. The maximum Gasteiger partial charge on any atom is 0.246 e. The Hall–Kier alpha value is -0.690. The topological polar surface area (TPSA) is 49.4 Å². The van der Waals surface area contributed by atoms with E-state index in [-0.39, 0.29) is 22.0 Å². The van der Waals surface area contributed by atoms with Gasteiger partial charge in [-0.3, -0.25) is 0 Å². The van der Waals surface area contributed by atoms with Crippen molar-refractivity contribution in [3.05, 3.63) is 28.5 Å². The van der Waals surface area contributed by atoms with Crippen molar-refractivity contribution < 1.29 is 12.8 Å². The molecule has 0 aromatic heterocycles. The van der Waals surface area contributed by atoms with Gasteiger partial charge in [0, 0.05) is 30.2 Å². The molecule has 1 aromatic rings. The average Bonchev–Trinajstić information content (AvgIpc) is 2.93. The van der Waals surface area contributed by atoms with Crippen molar-refractivity contribution in [3.63, 3.8) is 0 Å². The second-order valence-corrected chi connectivity index (χ2v) is 7.11. The molecule has 112 valence electrons. The average molecular weight is 321 g/mol. The van der Waals surface area contributed by atoms with Gasteiger partial charge in [0.1, 0.15) is 10.7 Å². The van der Waals surface area contributed by atoms with Crippen LogP contribution in [0.5, 0.6) is 0 Å². The first kappa shape index (κ1) is 15.7. The molecule has 0 unspecified atom stereocenters. The highest BCUT2D eigenvalue weighted by atomic mass is 35.5. The summed E-state index contributed by atoms with van der Waals surface area (Å²) in [5, 5.41) is 3.21. The maximum atomic E-state index is 14.4. The lowest BCUT2D eigenvalue weighted by Crippen LogP contribution is -2.29. The van der Waals surface area contributed by atoms with Gasteiger partial charge in [-0.2, -0.15) is 4.31 Å². The Morgan fingerprint density at radius 2 is 2.00 bits per heavy atom. The molecule has 0 aliphatic carbocycles. The molecule has 1 aliphatic rings. The van der Waals surface area contributed by atoms with Crippen LogP contribution in [0, 0.1) is 5.82 Å². The van der Waals surface area contributed by atoms with Crippen LogP contribution in [0.15, 0.2) is 17.0 Å². The van der Waals surface area contributed by atoms with E-state index >= 15 is 0 Å². The fourth-order valence-electron chi connectivity index (χ4n) is 2.26. The summed E-state index contributed by atoms with van der Waals surface area (Å²) in [7, 11) is -3.79. The van der Waals surface area contributed by atoms with Gasteiger partial charge in [-0.05, 0) is 31.5 Å². The monoisotopic (exact) mass is 320 g/mol. The number of sulfonamides is 1. The Bertz CT molecular complexity index is 586. The fraction of sp³-hybridized carbons (Fsp3) is 0.538. The van der Waals surface area contributed by atoms with Crippen LogP contribution in [-0.2, 0) is 16.6 Å². The highest BCUT2D eigenvalue weighted by molar-refractivity contribution is 7.89. The molecule has 0 atom stereocenters. The summed E-state index contributed by atoms with van der Waals surface area (Å²) in [6, 6.07) is 2.66. The predicted octanol–water partition coefficient (Wildman–Crippen LogP) is 2.37. The van der Waals surface area contributed by atoms with E-state index in [1.54, 1.807) is 0 Å². The molecule has 1 aliphatic heterocycles. The smallest absolute Gasteiger partial charge is 0.246 e. The zero-order chi connectivity index (χ0) is 14.8. The lowest BCUT2D eigenvalue weighted by molar-refractivity contribution is 0.468. The molecule has 7 heteroatoms. The number of nitrogens with zero attached hydrogens (tertiary/aromatic N) is 1. The van der Waals surface area contributed by atoms with Crippen LogP contribution in [-0.4, -0.2) is 32.4 Å². The number of halogens is 2. The third kappa shape index (κ3) is 3.14. The molecule has 20 heavy (non-hydrogen) atoms. The quantitative estimate of drug-likeness (QED) is 0.906. The van der Waals surface area contributed by atoms with Gasteiger partial charge in [0.2, 0.25) is 10.0 Å². The first-order valence-electron chi connectivity index (χ1n) is 6.65. The van der Waals surface area contributed by atoms with E-state index in [1.165, 1.54) is 16.4 Å². The molecule has 0 bridgehead atoms. The van der Waals surface area contributed by atoms with Crippen LogP contribution in [0.4, 0.5) is 4.39 Å².